The van der Waals surface area contributed by atoms with Gasteiger partial charge in [0, 0.05) is 6.54 Å². The summed E-state index contributed by atoms with van der Waals surface area (Å²) >= 11 is 17.7. The summed E-state index contributed by atoms with van der Waals surface area (Å²) in [6, 6.07) is 6.95. The average Bonchev–Trinajstić information content (AvgIpc) is 2.41. The molecule has 0 amide bonds. The predicted molar refractivity (Wildman–Crippen MR) is 82.2 cm³/mol. The van der Waals surface area contributed by atoms with E-state index in [4.69, 9.17) is 39.9 Å². The van der Waals surface area contributed by atoms with Crippen molar-refractivity contribution in [3.8, 4) is 0 Å². The second-order valence-electron chi connectivity index (χ2n) is 4.22. The van der Waals surface area contributed by atoms with Gasteiger partial charge >= 0.3 is 5.97 Å². The summed E-state index contributed by atoms with van der Waals surface area (Å²) < 4.78 is 13.5. The van der Waals surface area contributed by atoms with Crippen LogP contribution in [0.5, 0.6) is 0 Å². The van der Waals surface area contributed by atoms with Gasteiger partial charge in [-0.25, -0.2) is 9.18 Å². The van der Waals surface area contributed by atoms with Crippen molar-refractivity contribution >= 4 is 46.5 Å². The van der Waals surface area contributed by atoms with E-state index in [1.807, 2.05) is 0 Å². The first-order valence-electron chi connectivity index (χ1n) is 5.78. The van der Waals surface area contributed by atoms with Crippen LogP contribution >= 0.6 is 34.8 Å². The largest absolute Gasteiger partial charge is 0.478 e. The molecule has 2 rings (SSSR count). The number of hydrogen-bond acceptors (Lipinski definition) is 2. The van der Waals surface area contributed by atoms with Crippen LogP contribution in [-0.2, 0) is 6.54 Å². The quantitative estimate of drug-likeness (QED) is 0.756. The third-order valence-electron chi connectivity index (χ3n) is 2.76. The number of hydrogen-bond donors (Lipinski definition) is 2. The van der Waals surface area contributed by atoms with Gasteiger partial charge in [0.15, 0.2) is 0 Å². The first-order chi connectivity index (χ1) is 9.88. The predicted octanol–water partition coefficient (Wildman–Crippen LogP) is 5.10. The number of carboxylic acids is 1. The van der Waals surface area contributed by atoms with E-state index < -0.39 is 11.8 Å². The molecule has 3 nitrogen and oxygen atoms in total. The van der Waals surface area contributed by atoms with E-state index in [2.05, 4.69) is 5.32 Å². The molecular weight excluding hydrogens is 340 g/mol. The lowest BCUT2D eigenvalue weighted by Crippen LogP contribution is -2.04. The lowest BCUT2D eigenvalue weighted by atomic mass is 10.1. The van der Waals surface area contributed by atoms with E-state index in [0.717, 1.165) is 6.07 Å². The van der Waals surface area contributed by atoms with Crippen LogP contribution in [0.15, 0.2) is 30.3 Å². The number of rotatable bonds is 4. The van der Waals surface area contributed by atoms with Gasteiger partial charge in [-0.1, -0.05) is 40.9 Å². The molecule has 0 fully saturated rings. The van der Waals surface area contributed by atoms with E-state index in [1.54, 1.807) is 6.07 Å². The van der Waals surface area contributed by atoms with Crippen molar-refractivity contribution in [3.63, 3.8) is 0 Å². The molecule has 0 atom stereocenters. The van der Waals surface area contributed by atoms with Gasteiger partial charge in [-0.3, -0.25) is 0 Å². The minimum Gasteiger partial charge on any atom is -0.478 e. The van der Waals surface area contributed by atoms with Crippen molar-refractivity contribution < 1.29 is 14.3 Å². The summed E-state index contributed by atoms with van der Waals surface area (Å²) in [5.74, 6) is -2.10. The number of benzene rings is 2. The Morgan fingerprint density at radius 3 is 2.38 bits per heavy atom. The highest BCUT2D eigenvalue weighted by Gasteiger charge is 2.11. The molecule has 0 saturated heterocycles. The number of carboxylic acid groups (broad SMARTS) is 1. The van der Waals surface area contributed by atoms with Crippen LogP contribution in [0.2, 0.25) is 15.1 Å². The molecule has 2 N–H and O–H groups in total. The van der Waals surface area contributed by atoms with Crippen LogP contribution in [0, 0.1) is 5.82 Å². The van der Waals surface area contributed by atoms with Crippen molar-refractivity contribution in [1.82, 2.24) is 0 Å². The molecule has 0 aromatic heterocycles. The summed E-state index contributed by atoms with van der Waals surface area (Å²) in [5.41, 5.74) is 0.750. The highest BCUT2D eigenvalue weighted by Crippen LogP contribution is 2.32. The third kappa shape index (κ3) is 3.79. The van der Waals surface area contributed by atoms with Crippen molar-refractivity contribution in [3.05, 3.63) is 62.3 Å². The van der Waals surface area contributed by atoms with Gasteiger partial charge in [0.05, 0.1) is 26.3 Å². The zero-order chi connectivity index (χ0) is 15.6. The Balaban J connectivity index is 2.15. The van der Waals surface area contributed by atoms with Crippen molar-refractivity contribution in [2.75, 3.05) is 5.32 Å². The molecule has 110 valence electrons. The van der Waals surface area contributed by atoms with E-state index >= 15 is 0 Å². The molecule has 0 radical (unpaired) electrons. The van der Waals surface area contributed by atoms with Crippen molar-refractivity contribution in [2.45, 2.75) is 6.54 Å². The SMILES string of the molecule is O=C(O)c1ccc(CNc2cc(Cl)c(Cl)cc2Cl)cc1F. The van der Waals surface area contributed by atoms with Gasteiger partial charge in [-0.05, 0) is 29.8 Å². The van der Waals surface area contributed by atoms with E-state index in [9.17, 15) is 9.18 Å². The van der Waals surface area contributed by atoms with E-state index in [0.29, 0.717) is 26.3 Å². The second-order valence-corrected chi connectivity index (χ2v) is 5.44. The fraction of sp³-hybridized carbons (Fsp3) is 0.0714. The van der Waals surface area contributed by atoms with Crippen LogP contribution in [0.25, 0.3) is 0 Å². The molecule has 0 spiro atoms. The Labute approximate surface area is 135 Å². The monoisotopic (exact) mass is 347 g/mol. The first kappa shape index (κ1) is 15.9. The first-order valence-corrected chi connectivity index (χ1v) is 6.92. The lowest BCUT2D eigenvalue weighted by Gasteiger charge is -2.10. The Morgan fingerprint density at radius 1 is 1.10 bits per heavy atom. The van der Waals surface area contributed by atoms with E-state index in [-0.39, 0.29) is 12.1 Å². The Kier molecular flexibility index (Phi) is 4.93. The maximum atomic E-state index is 13.5. The summed E-state index contributed by atoms with van der Waals surface area (Å²) in [7, 11) is 0. The zero-order valence-corrected chi connectivity index (χ0v) is 12.7. The molecule has 7 heteroatoms. The van der Waals surface area contributed by atoms with E-state index in [1.165, 1.54) is 18.2 Å². The zero-order valence-electron chi connectivity index (χ0n) is 10.5. The molecule has 2 aromatic carbocycles. The maximum absolute atomic E-state index is 13.5. The van der Waals surface area contributed by atoms with Crippen LogP contribution in [0.1, 0.15) is 15.9 Å². The van der Waals surface area contributed by atoms with Crippen molar-refractivity contribution in [1.29, 1.82) is 0 Å². The molecular formula is C14H9Cl3FNO2. The Morgan fingerprint density at radius 2 is 1.76 bits per heavy atom. The number of anilines is 1. The second kappa shape index (κ2) is 6.52. The lowest BCUT2D eigenvalue weighted by molar-refractivity contribution is 0.0692. The summed E-state index contributed by atoms with van der Waals surface area (Å²) in [4.78, 5) is 10.7. The highest BCUT2D eigenvalue weighted by molar-refractivity contribution is 6.44. The maximum Gasteiger partial charge on any atom is 0.338 e. The number of halogens is 4. The van der Waals surface area contributed by atoms with Crippen LogP contribution in [0.4, 0.5) is 10.1 Å². The minimum absolute atomic E-state index is 0.258. The van der Waals surface area contributed by atoms with Gasteiger partial charge in [0.25, 0.3) is 0 Å². The van der Waals surface area contributed by atoms with Gasteiger partial charge < -0.3 is 10.4 Å². The average molecular weight is 349 g/mol. The molecule has 0 heterocycles. The molecule has 21 heavy (non-hydrogen) atoms. The summed E-state index contributed by atoms with van der Waals surface area (Å²) in [6.07, 6.45) is 0. The van der Waals surface area contributed by atoms with Crippen LogP contribution in [-0.4, -0.2) is 11.1 Å². The highest BCUT2D eigenvalue weighted by atomic mass is 35.5. The fourth-order valence-electron chi connectivity index (χ4n) is 1.70. The van der Waals surface area contributed by atoms with Gasteiger partial charge in [-0.2, -0.15) is 0 Å². The van der Waals surface area contributed by atoms with Gasteiger partial charge in [-0.15, -0.1) is 0 Å². The van der Waals surface area contributed by atoms with Crippen LogP contribution < -0.4 is 5.32 Å². The molecule has 0 saturated carbocycles. The molecule has 0 aliphatic carbocycles. The summed E-state index contributed by atoms with van der Waals surface area (Å²) in [6.45, 7) is 0.258. The Bertz CT molecular complexity index is 707. The summed E-state index contributed by atoms with van der Waals surface area (Å²) in [5, 5.41) is 12.8. The third-order valence-corrected chi connectivity index (χ3v) is 3.79. The number of carbonyl (C=O) groups is 1. The standard InChI is InChI=1S/C14H9Cl3FNO2/c15-9-4-11(17)13(5-10(9)16)19-6-7-1-2-8(14(20)21)12(18)3-7/h1-5,19H,6H2,(H,20,21). The van der Waals surface area contributed by atoms with Crippen molar-refractivity contribution in [2.24, 2.45) is 0 Å². The van der Waals surface area contributed by atoms with Gasteiger partial charge in [0.1, 0.15) is 5.82 Å². The molecule has 0 bridgehead atoms. The topological polar surface area (TPSA) is 49.3 Å². The molecule has 0 aliphatic rings. The number of nitrogens with one attached hydrogen (secondary N) is 1. The number of aromatic carboxylic acids is 1. The minimum atomic E-state index is -1.31. The molecule has 0 unspecified atom stereocenters. The smallest absolute Gasteiger partial charge is 0.338 e. The fourth-order valence-corrected chi connectivity index (χ4v) is 2.31. The Hall–Kier alpha value is -1.49. The normalized spacial score (nSPS) is 10.5. The molecule has 2 aromatic rings. The van der Waals surface area contributed by atoms with Crippen LogP contribution in [0.3, 0.4) is 0 Å². The molecule has 0 aliphatic heterocycles. The van der Waals surface area contributed by atoms with Gasteiger partial charge in [0.2, 0.25) is 0 Å².